The molecule has 1 aliphatic heterocycles. The van der Waals surface area contributed by atoms with Crippen LogP contribution < -0.4 is 10.6 Å². The van der Waals surface area contributed by atoms with Crippen LogP contribution in [0.2, 0.25) is 0 Å². The third-order valence-electron chi connectivity index (χ3n) is 3.48. The molecule has 3 rings (SSSR count). The molecule has 0 atom stereocenters. The van der Waals surface area contributed by atoms with Gasteiger partial charge in [0.2, 0.25) is 0 Å². The number of nitrogen functional groups attached to an aromatic ring is 1. The number of fused-ring (bicyclic) bond motifs is 1. The van der Waals surface area contributed by atoms with E-state index in [2.05, 4.69) is 0 Å². The molecule has 0 saturated carbocycles. The minimum atomic E-state index is -0.366. The average Bonchev–Trinajstić information content (AvgIpc) is 2.86. The molecule has 0 saturated heterocycles. The van der Waals surface area contributed by atoms with Crippen molar-refractivity contribution in [1.29, 1.82) is 0 Å². The Hall–Kier alpha value is -2.69. The van der Waals surface area contributed by atoms with Gasteiger partial charge in [0.05, 0.1) is 16.9 Å². The van der Waals surface area contributed by atoms with Crippen molar-refractivity contribution in [3.05, 3.63) is 47.5 Å². The van der Waals surface area contributed by atoms with Crippen molar-refractivity contribution in [1.82, 2.24) is 0 Å². The van der Waals surface area contributed by atoms with Gasteiger partial charge >= 0.3 is 0 Å². The molecule has 4 N–H and O–H groups in total. The molecule has 102 valence electrons. The fourth-order valence-corrected chi connectivity index (χ4v) is 2.53. The van der Waals surface area contributed by atoms with Crippen LogP contribution in [-0.4, -0.2) is 22.7 Å². The molecule has 5 heteroatoms. The summed E-state index contributed by atoms with van der Waals surface area (Å²) in [6.45, 7) is 0.511. The topological polar surface area (TPSA) is 86.8 Å². The fraction of sp³-hybridized carbons (Fsp3) is 0.133. The minimum Gasteiger partial charge on any atom is -0.508 e. The van der Waals surface area contributed by atoms with Crippen LogP contribution in [0.25, 0.3) is 0 Å². The molecule has 0 aliphatic carbocycles. The highest BCUT2D eigenvalue weighted by Crippen LogP contribution is 2.36. The van der Waals surface area contributed by atoms with Crippen molar-refractivity contribution < 1.29 is 15.0 Å². The summed E-state index contributed by atoms with van der Waals surface area (Å²) in [6, 6.07) is 9.42. The Morgan fingerprint density at radius 1 is 1.20 bits per heavy atom. The number of hydrogen-bond acceptors (Lipinski definition) is 4. The first-order chi connectivity index (χ1) is 9.58. The van der Waals surface area contributed by atoms with Crippen LogP contribution in [0.5, 0.6) is 11.5 Å². The van der Waals surface area contributed by atoms with E-state index in [0.717, 1.165) is 12.0 Å². The average molecular weight is 270 g/mol. The summed E-state index contributed by atoms with van der Waals surface area (Å²) in [7, 11) is 0. The smallest absolute Gasteiger partial charge is 0.262 e. The lowest BCUT2D eigenvalue weighted by molar-refractivity contribution is 0.0986. The van der Waals surface area contributed by atoms with Crippen LogP contribution >= 0.6 is 0 Å². The van der Waals surface area contributed by atoms with Gasteiger partial charge in [-0.05, 0) is 36.2 Å². The lowest BCUT2D eigenvalue weighted by Crippen LogP contribution is -2.29. The number of anilines is 2. The lowest BCUT2D eigenvalue weighted by Gasteiger charge is -2.19. The summed E-state index contributed by atoms with van der Waals surface area (Å²) in [4.78, 5) is 14.1. The van der Waals surface area contributed by atoms with E-state index in [4.69, 9.17) is 5.73 Å². The molecule has 1 heterocycles. The number of nitrogens with two attached hydrogens (primary N) is 1. The summed E-state index contributed by atoms with van der Waals surface area (Å²) in [5.41, 5.74) is 8.25. The van der Waals surface area contributed by atoms with Crippen LogP contribution in [0.1, 0.15) is 15.9 Å². The van der Waals surface area contributed by atoms with Gasteiger partial charge in [0, 0.05) is 6.54 Å². The van der Waals surface area contributed by atoms with Crippen LogP contribution in [0.4, 0.5) is 11.4 Å². The Morgan fingerprint density at radius 3 is 2.80 bits per heavy atom. The highest BCUT2D eigenvalue weighted by atomic mass is 16.3. The number of rotatable bonds is 1. The highest BCUT2D eigenvalue weighted by molar-refractivity contribution is 6.10. The van der Waals surface area contributed by atoms with E-state index >= 15 is 0 Å². The molecule has 5 nitrogen and oxygen atoms in total. The highest BCUT2D eigenvalue weighted by Gasteiger charge is 2.28. The van der Waals surface area contributed by atoms with Crippen LogP contribution in [0.15, 0.2) is 36.4 Å². The number of hydrogen-bond donors (Lipinski definition) is 3. The van der Waals surface area contributed by atoms with E-state index in [1.54, 1.807) is 11.0 Å². The Morgan fingerprint density at radius 2 is 2.00 bits per heavy atom. The van der Waals surface area contributed by atoms with Gasteiger partial charge in [-0.25, -0.2) is 0 Å². The summed E-state index contributed by atoms with van der Waals surface area (Å²) < 4.78 is 0. The van der Waals surface area contributed by atoms with Gasteiger partial charge in [-0.1, -0.05) is 12.1 Å². The Balaban J connectivity index is 2.04. The molecule has 0 unspecified atom stereocenters. The lowest BCUT2D eigenvalue weighted by atomic mass is 10.1. The summed E-state index contributed by atoms with van der Waals surface area (Å²) in [5.74, 6) is -0.586. The second-order valence-electron chi connectivity index (χ2n) is 4.76. The van der Waals surface area contributed by atoms with Crippen LogP contribution in [0.3, 0.4) is 0 Å². The molecule has 20 heavy (non-hydrogen) atoms. The van der Waals surface area contributed by atoms with Gasteiger partial charge < -0.3 is 20.8 Å². The molecule has 0 radical (unpaired) electrons. The molecule has 0 fully saturated rings. The normalized spacial score (nSPS) is 13.3. The van der Waals surface area contributed by atoms with E-state index in [9.17, 15) is 15.0 Å². The van der Waals surface area contributed by atoms with Gasteiger partial charge in [0.15, 0.2) is 0 Å². The van der Waals surface area contributed by atoms with Crippen molar-refractivity contribution in [2.24, 2.45) is 0 Å². The molecule has 0 bridgehead atoms. The zero-order chi connectivity index (χ0) is 14.3. The number of para-hydroxylation sites is 1. The van der Waals surface area contributed by atoms with Crippen LogP contribution in [-0.2, 0) is 6.42 Å². The monoisotopic (exact) mass is 270 g/mol. The maximum atomic E-state index is 12.5. The van der Waals surface area contributed by atoms with Gasteiger partial charge in [-0.3, -0.25) is 4.79 Å². The van der Waals surface area contributed by atoms with Crippen molar-refractivity contribution in [3.8, 4) is 11.5 Å². The number of aromatic hydroxyl groups is 2. The number of nitrogens with zero attached hydrogens (tertiary/aromatic N) is 1. The molecule has 0 spiro atoms. The summed E-state index contributed by atoms with van der Waals surface area (Å²) >= 11 is 0. The van der Waals surface area contributed by atoms with Crippen molar-refractivity contribution >= 4 is 17.3 Å². The largest absolute Gasteiger partial charge is 0.508 e. The third kappa shape index (κ3) is 1.84. The standard InChI is InChI=1S/C15H14N2O3/c16-12-3-1-2-9-6-7-17(14(9)12)15(20)11-8-10(18)4-5-13(11)19/h1-5,8,18-19H,6-7,16H2. The van der Waals surface area contributed by atoms with Gasteiger partial charge in [0.25, 0.3) is 5.91 Å². The SMILES string of the molecule is Nc1cccc2c1N(C(=O)c1cc(O)ccc1O)CC2. The molecule has 0 aromatic heterocycles. The summed E-state index contributed by atoms with van der Waals surface area (Å²) in [6.07, 6.45) is 0.728. The van der Waals surface area contributed by atoms with E-state index in [-0.39, 0.29) is 23.0 Å². The first kappa shape index (κ1) is 12.3. The zero-order valence-corrected chi connectivity index (χ0v) is 10.7. The molecular formula is C15H14N2O3. The number of carbonyl (C=O) groups is 1. The Bertz CT molecular complexity index is 698. The molecular weight excluding hydrogens is 256 g/mol. The maximum Gasteiger partial charge on any atom is 0.262 e. The first-order valence-corrected chi connectivity index (χ1v) is 6.29. The Labute approximate surface area is 115 Å². The van der Waals surface area contributed by atoms with Gasteiger partial charge in [-0.2, -0.15) is 0 Å². The van der Waals surface area contributed by atoms with Gasteiger partial charge in [-0.15, -0.1) is 0 Å². The zero-order valence-electron chi connectivity index (χ0n) is 10.7. The van der Waals surface area contributed by atoms with E-state index in [0.29, 0.717) is 17.9 Å². The number of phenols is 2. The number of carbonyl (C=O) groups excluding carboxylic acids is 1. The molecule has 1 amide bonds. The number of phenolic OH excluding ortho intramolecular Hbond substituents is 2. The molecule has 2 aromatic carbocycles. The van der Waals surface area contributed by atoms with E-state index in [1.807, 2.05) is 12.1 Å². The maximum absolute atomic E-state index is 12.5. The number of amides is 1. The predicted molar refractivity (Wildman–Crippen MR) is 76.0 cm³/mol. The second-order valence-corrected chi connectivity index (χ2v) is 4.76. The second kappa shape index (κ2) is 4.45. The minimum absolute atomic E-state index is 0.0633. The first-order valence-electron chi connectivity index (χ1n) is 6.29. The van der Waals surface area contributed by atoms with Crippen molar-refractivity contribution in [2.75, 3.05) is 17.2 Å². The summed E-state index contributed by atoms with van der Waals surface area (Å²) in [5, 5.41) is 19.3. The Kier molecular flexibility index (Phi) is 2.75. The van der Waals surface area contributed by atoms with E-state index < -0.39 is 0 Å². The van der Waals surface area contributed by atoms with Crippen LogP contribution in [0, 0.1) is 0 Å². The quantitative estimate of drug-likeness (QED) is 0.545. The van der Waals surface area contributed by atoms with Gasteiger partial charge in [0.1, 0.15) is 11.5 Å². The van der Waals surface area contributed by atoms with E-state index in [1.165, 1.54) is 18.2 Å². The third-order valence-corrected chi connectivity index (χ3v) is 3.48. The predicted octanol–water partition coefficient (Wildman–Crippen LogP) is 1.88. The molecule has 1 aliphatic rings. The number of benzene rings is 2. The fourth-order valence-electron chi connectivity index (χ4n) is 2.53. The molecule has 2 aromatic rings. The van der Waals surface area contributed by atoms with Crippen molar-refractivity contribution in [3.63, 3.8) is 0 Å². The van der Waals surface area contributed by atoms with Crippen molar-refractivity contribution in [2.45, 2.75) is 6.42 Å².